The zero-order chi connectivity index (χ0) is 22.0. The molecule has 1 aromatic carbocycles. The molecule has 0 saturated carbocycles. The van der Waals surface area contributed by atoms with E-state index < -0.39 is 10.8 Å². The Morgan fingerprint density at radius 3 is 2.61 bits per heavy atom. The number of nitrogens with zero attached hydrogens (tertiary/aromatic N) is 4. The first-order chi connectivity index (χ1) is 15.0. The SMILES string of the molecule is CC(=O)Nc1cc(-c2sc(-c3ncn[nH]3)c(S(=O)c3ccc(C)cc3)c2C#N)ccn1. The number of thiophene rings is 1. The highest BCUT2D eigenvalue weighted by Gasteiger charge is 2.27. The Kier molecular flexibility index (Phi) is 5.70. The van der Waals surface area contributed by atoms with Crippen molar-refractivity contribution in [2.75, 3.05) is 5.32 Å². The summed E-state index contributed by atoms with van der Waals surface area (Å²) in [6, 6.07) is 13.0. The van der Waals surface area contributed by atoms with Gasteiger partial charge in [0.05, 0.1) is 31.0 Å². The zero-order valence-corrected chi connectivity index (χ0v) is 18.2. The van der Waals surface area contributed by atoms with Gasteiger partial charge < -0.3 is 5.32 Å². The number of carbonyl (C=O) groups is 1. The van der Waals surface area contributed by atoms with Crippen LogP contribution in [0.1, 0.15) is 18.1 Å². The molecule has 0 radical (unpaired) electrons. The van der Waals surface area contributed by atoms with Gasteiger partial charge in [-0.15, -0.1) is 11.3 Å². The maximum atomic E-state index is 13.5. The third-order valence-corrected chi connectivity index (χ3v) is 7.21. The first-order valence-corrected chi connectivity index (χ1v) is 11.1. The van der Waals surface area contributed by atoms with Gasteiger partial charge in [0.2, 0.25) is 5.91 Å². The summed E-state index contributed by atoms with van der Waals surface area (Å²) in [5.74, 6) is 0.545. The molecule has 4 aromatic rings. The van der Waals surface area contributed by atoms with Gasteiger partial charge in [-0.2, -0.15) is 10.4 Å². The molecule has 0 aliphatic heterocycles. The van der Waals surface area contributed by atoms with Crippen molar-refractivity contribution in [3.05, 3.63) is 60.0 Å². The van der Waals surface area contributed by atoms with E-state index in [0.717, 1.165) is 5.56 Å². The number of anilines is 1. The standard InChI is InChI=1S/C21H16N6O2S2/c1-12-3-5-15(6-4-12)31(29)20-16(10-22)18(30-19(20)21-24-11-25-27-21)14-7-8-23-17(9-14)26-13(2)28/h3-9,11H,1-2H3,(H,23,26,28)(H,24,25,27). The van der Waals surface area contributed by atoms with Crippen LogP contribution < -0.4 is 5.32 Å². The molecule has 0 spiro atoms. The summed E-state index contributed by atoms with van der Waals surface area (Å²) in [5, 5.41) is 19.4. The van der Waals surface area contributed by atoms with Crippen molar-refractivity contribution >= 4 is 33.9 Å². The summed E-state index contributed by atoms with van der Waals surface area (Å²) in [7, 11) is -1.62. The smallest absolute Gasteiger partial charge is 0.222 e. The molecular weight excluding hydrogens is 432 g/mol. The number of aromatic amines is 1. The van der Waals surface area contributed by atoms with Crippen LogP contribution in [0.3, 0.4) is 0 Å². The normalized spacial score (nSPS) is 11.6. The van der Waals surface area contributed by atoms with Crippen LogP contribution in [-0.4, -0.2) is 30.3 Å². The van der Waals surface area contributed by atoms with E-state index in [2.05, 4.69) is 31.6 Å². The Labute approximate surface area is 184 Å². The van der Waals surface area contributed by atoms with Crippen LogP contribution in [0.25, 0.3) is 21.1 Å². The molecule has 1 atom stereocenters. The molecule has 4 rings (SSSR count). The average Bonchev–Trinajstić information content (AvgIpc) is 3.41. The highest BCUT2D eigenvalue weighted by molar-refractivity contribution is 7.85. The summed E-state index contributed by atoms with van der Waals surface area (Å²) >= 11 is 1.29. The molecule has 0 aliphatic rings. The van der Waals surface area contributed by atoms with Gasteiger partial charge in [0, 0.05) is 18.0 Å². The van der Waals surface area contributed by atoms with E-state index in [9.17, 15) is 14.3 Å². The summed E-state index contributed by atoms with van der Waals surface area (Å²) in [4.78, 5) is 21.9. The molecule has 154 valence electrons. The van der Waals surface area contributed by atoms with Crippen molar-refractivity contribution in [2.45, 2.75) is 23.6 Å². The minimum absolute atomic E-state index is 0.250. The predicted molar refractivity (Wildman–Crippen MR) is 118 cm³/mol. The molecule has 3 heterocycles. The van der Waals surface area contributed by atoms with Gasteiger partial charge in [-0.3, -0.25) is 9.89 Å². The third kappa shape index (κ3) is 4.14. The molecule has 31 heavy (non-hydrogen) atoms. The lowest BCUT2D eigenvalue weighted by molar-refractivity contribution is -0.114. The monoisotopic (exact) mass is 448 g/mol. The summed E-state index contributed by atoms with van der Waals surface area (Å²) < 4.78 is 13.5. The molecule has 8 nitrogen and oxygen atoms in total. The van der Waals surface area contributed by atoms with Crippen LogP contribution >= 0.6 is 11.3 Å². The zero-order valence-electron chi connectivity index (χ0n) is 16.5. The number of nitriles is 1. The first kappa shape index (κ1) is 20.6. The Bertz CT molecular complexity index is 1320. The number of hydrogen-bond acceptors (Lipinski definition) is 7. The number of pyridine rings is 1. The summed E-state index contributed by atoms with van der Waals surface area (Å²) in [6.07, 6.45) is 2.91. The number of amides is 1. The number of nitrogens with one attached hydrogen (secondary N) is 2. The van der Waals surface area contributed by atoms with E-state index in [1.165, 1.54) is 24.6 Å². The van der Waals surface area contributed by atoms with Gasteiger partial charge in [-0.25, -0.2) is 14.2 Å². The fraction of sp³-hybridized carbons (Fsp3) is 0.0952. The van der Waals surface area contributed by atoms with Crippen molar-refractivity contribution in [2.24, 2.45) is 0 Å². The van der Waals surface area contributed by atoms with E-state index in [1.807, 2.05) is 19.1 Å². The van der Waals surface area contributed by atoms with Gasteiger partial charge in [-0.05, 0) is 36.8 Å². The van der Waals surface area contributed by atoms with Crippen LogP contribution in [0.2, 0.25) is 0 Å². The molecule has 0 bridgehead atoms. The highest BCUT2D eigenvalue weighted by Crippen LogP contribution is 2.44. The van der Waals surface area contributed by atoms with Gasteiger partial charge >= 0.3 is 0 Å². The quantitative estimate of drug-likeness (QED) is 0.477. The lowest BCUT2D eigenvalue weighted by atomic mass is 10.1. The summed E-state index contributed by atoms with van der Waals surface area (Å²) in [5.41, 5.74) is 2.01. The molecule has 3 aromatic heterocycles. The second-order valence-corrected chi connectivity index (χ2v) is 9.04. The molecule has 1 amide bonds. The highest BCUT2D eigenvalue weighted by atomic mass is 32.2. The van der Waals surface area contributed by atoms with Gasteiger partial charge in [0.25, 0.3) is 0 Å². The molecule has 2 N–H and O–H groups in total. The largest absolute Gasteiger partial charge is 0.311 e. The number of rotatable bonds is 5. The Morgan fingerprint density at radius 2 is 1.97 bits per heavy atom. The number of hydrogen-bond donors (Lipinski definition) is 2. The Morgan fingerprint density at radius 1 is 1.19 bits per heavy atom. The lowest BCUT2D eigenvalue weighted by Crippen LogP contribution is -2.07. The van der Waals surface area contributed by atoms with Crippen LogP contribution in [0.4, 0.5) is 5.82 Å². The molecule has 1 unspecified atom stereocenters. The fourth-order valence-corrected chi connectivity index (χ4v) is 5.69. The molecule has 0 fully saturated rings. The van der Waals surface area contributed by atoms with E-state index in [0.29, 0.717) is 36.8 Å². The van der Waals surface area contributed by atoms with Crippen LogP contribution in [-0.2, 0) is 15.6 Å². The van der Waals surface area contributed by atoms with E-state index in [4.69, 9.17) is 0 Å². The van der Waals surface area contributed by atoms with Gasteiger partial charge in [0.15, 0.2) is 5.82 Å². The van der Waals surface area contributed by atoms with Gasteiger partial charge in [-0.1, -0.05) is 17.7 Å². The average molecular weight is 449 g/mol. The molecule has 10 heteroatoms. The minimum Gasteiger partial charge on any atom is -0.311 e. The summed E-state index contributed by atoms with van der Waals surface area (Å²) in [6.45, 7) is 3.34. The number of benzene rings is 1. The first-order valence-electron chi connectivity index (χ1n) is 9.13. The van der Waals surface area contributed by atoms with E-state index >= 15 is 0 Å². The number of carbonyl (C=O) groups excluding carboxylic acids is 1. The maximum Gasteiger partial charge on any atom is 0.222 e. The van der Waals surface area contributed by atoms with Crippen molar-refractivity contribution in [1.29, 1.82) is 5.26 Å². The van der Waals surface area contributed by atoms with Gasteiger partial charge in [0.1, 0.15) is 18.2 Å². The van der Waals surface area contributed by atoms with Crippen molar-refractivity contribution in [3.8, 4) is 27.2 Å². The Balaban J connectivity index is 1.92. The molecule has 0 saturated heterocycles. The Hall–Kier alpha value is -3.68. The molecule has 0 aliphatic carbocycles. The van der Waals surface area contributed by atoms with Crippen LogP contribution in [0.5, 0.6) is 0 Å². The van der Waals surface area contributed by atoms with Crippen molar-refractivity contribution in [1.82, 2.24) is 20.2 Å². The third-order valence-electron chi connectivity index (χ3n) is 4.35. The number of aromatic nitrogens is 4. The second-order valence-electron chi connectivity index (χ2n) is 6.60. The van der Waals surface area contributed by atoms with Crippen molar-refractivity contribution in [3.63, 3.8) is 0 Å². The maximum absolute atomic E-state index is 13.5. The topological polar surface area (TPSA) is 124 Å². The molecular formula is C21H16N6O2S2. The second kappa shape index (κ2) is 8.59. The van der Waals surface area contributed by atoms with E-state index in [1.54, 1.807) is 30.5 Å². The van der Waals surface area contributed by atoms with Crippen LogP contribution in [0.15, 0.2) is 58.7 Å². The number of aryl methyl sites for hydroxylation is 1. The van der Waals surface area contributed by atoms with Crippen molar-refractivity contribution < 1.29 is 9.00 Å². The minimum atomic E-state index is -1.62. The predicted octanol–water partition coefficient (Wildman–Crippen LogP) is 3.90. The number of H-pyrrole nitrogens is 1. The van der Waals surface area contributed by atoms with Crippen LogP contribution in [0, 0.1) is 18.3 Å². The van der Waals surface area contributed by atoms with E-state index in [-0.39, 0.29) is 11.5 Å². The lowest BCUT2D eigenvalue weighted by Gasteiger charge is -2.05. The fourth-order valence-electron chi connectivity index (χ4n) is 2.97.